The lowest BCUT2D eigenvalue weighted by Crippen LogP contribution is -2.19. The molecule has 0 aromatic carbocycles. The Kier molecular flexibility index (Phi) is 27.7. The molecule has 0 fully saturated rings. The molecule has 0 aromatic heterocycles. The first-order chi connectivity index (χ1) is 16.7. The van der Waals surface area contributed by atoms with E-state index in [1.165, 1.54) is 128 Å². The minimum absolute atomic E-state index is 0.192. The topological polar surface area (TPSA) is 43.4 Å². The Labute approximate surface area is 213 Å². The van der Waals surface area contributed by atoms with E-state index < -0.39 is 6.10 Å². The van der Waals surface area contributed by atoms with Gasteiger partial charge in [0.15, 0.2) is 12.4 Å². The lowest BCUT2D eigenvalue weighted by molar-refractivity contribution is -0.152. The maximum absolute atomic E-state index is 12.0. The van der Waals surface area contributed by atoms with Crippen LogP contribution in [-0.4, -0.2) is 18.4 Å². The second-order valence-electron chi connectivity index (χ2n) is 10.5. The smallest absolute Gasteiger partial charge is 0.306 e. The van der Waals surface area contributed by atoms with E-state index in [9.17, 15) is 9.59 Å². The summed E-state index contributed by atoms with van der Waals surface area (Å²) >= 11 is 0. The molecule has 202 valence electrons. The van der Waals surface area contributed by atoms with Gasteiger partial charge in [0, 0.05) is 6.42 Å². The van der Waals surface area contributed by atoms with Gasteiger partial charge in [0.1, 0.15) is 0 Å². The van der Waals surface area contributed by atoms with Crippen molar-refractivity contribution in [2.75, 3.05) is 0 Å². The third-order valence-corrected chi connectivity index (χ3v) is 7.01. The van der Waals surface area contributed by atoms with Crippen LogP contribution in [0.4, 0.5) is 0 Å². The van der Waals surface area contributed by atoms with E-state index in [1.807, 2.05) is 0 Å². The van der Waals surface area contributed by atoms with E-state index in [4.69, 9.17) is 4.74 Å². The fraction of sp³-hybridized carbons (Fsp3) is 0.935. The Morgan fingerprint density at radius 3 is 1.21 bits per heavy atom. The molecule has 0 amide bonds. The Bertz CT molecular complexity index is 421. The van der Waals surface area contributed by atoms with Crippen molar-refractivity contribution in [2.45, 2.75) is 187 Å². The molecular formula is C31H60O3. The zero-order valence-corrected chi connectivity index (χ0v) is 23.3. The normalized spacial score (nSPS) is 12.1. The van der Waals surface area contributed by atoms with Gasteiger partial charge in [-0.15, -0.1) is 0 Å². The summed E-state index contributed by atoms with van der Waals surface area (Å²) in [5.74, 6) is -0.192. The van der Waals surface area contributed by atoms with Gasteiger partial charge in [0.2, 0.25) is 0 Å². The molecule has 0 aliphatic heterocycles. The number of ether oxygens (including phenoxy) is 1. The zero-order valence-electron chi connectivity index (χ0n) is 23.3. The first-order valence-corrected chi connectivity index (χ1v) is 15.4. The highest BCUT2D eigenvalue weighted by Gasteiger charge is 2.13. The van der Waals surface area contributed by atoms with Crippen molar-refractivity contribution in [3.63, 3.8) is 0 Å². The van der Waals surface area contributed by atoms with Gasteiger partial charge in [-0.25, -0.2) is 0 Å². The van der Waals surface area contributed by atoms with Crippen LogP contribution in [0, 0.1) is 0 Å². The average Bonchev–Trinajstić information content (AvgIpc) is 2.84. The molecule has 1 atom stereocenters. The third kappa shape index (κ3) is 25.8. The predicted octanol–water partition coefficient (Wildman–Crippen LogP) is 10.3. The Morgan fingerprint density at radius 2 is 0.853 bits per heavy atom. The number of carbonyl (C=O) groups is 2. The van der Waals surface area contributed by atoms with E-state index in [0.29, 0.717) is 12.8 Å². The molecule has 0 radical (unpaired) electrons. The molecule has 0 N–H and O–H groups in total. The van der Waals surface area contributed by atoms with Gasteiger partial charge >= 0.3 is 5.97 Å². The van der Waals surface area contributed by atoms with Crippen molar-refractivity contribution in [3.8, 4) is 0 Å². The summed E-state index contributed by atoms with van der Waals surface area (Å²) in [6.45, 7) is 4.53. The highest BCUT2D eigenvalue weighted by Crippen LogP contribution is 2.15. The van der Waals surface area contributed by atoms with Gasteiger partial charge in [-0.2, -0.15) is 0 Å². The summed E-state index contributed by atoms with van der Waals surface area (Å²) in [7, 11) is 0. The number of esters is 1. The lowest BCUT2D eigenvalue weighted by Gasteiger charge is -2.12. The predicted molar refractivity (Wildman–Crippen MR) is 147 cm³/mol. The van der Waals surface area contributed by atoms with Crippen LogP contribution in [0.15, 0.2) is 0 Å². The van der Waals surface area contributed by atoms with Crippen LogP contribution in [0.3, 0.4) is 0 Å². The van der Waals surface area contributed by atoms with Crippen LogP contribution in [0.5, 0.6) is 0 Å². The van der Waals surface area contributed by atoms with Gasteiger partial charge in [-0.1, -0.05) is 155 Å². The van der Waals surface area contributed by atoms with Crippen molar-refractivity contribution in [1.29, 1.82) is 0 Å². The summed E-state index contributed by atoms with van der Waals surface area (Å²) in [6.07, 6.45) is 32.5. The molecule has 0 saturated carbocycles. The number of hydrogen-bond acceptors (Lipinski definition) is 3. The second kappa shape index (κ2) is 28.4. The average molecular weight is 481 g/mol. The molecule has 34 heavy (non-hydrogen) atoms. The maximum Gasteiger partial charge on any atom is 0.306 e. The molecule has 0 aliphatic carbocycles. The minimum atomic E-state index is -0.534. The maximum atomic E-state index is 12.0. The molecule has 3 nitrogen and oxygen atoms in total. The zero-order chi connectivity index (χ0) is 25.0. The molecule has 3 heteroatoms. The van der Waals surface area contributed by atoms with E-state index in [1.54, 1.807) is 0 Å². The molecule has 0 spiro atoms. The van der Waals surface area contributed by atoms with Gasteiger partial charge in [0.05, 0.1) is 0 Å². The highest BCUT2D eigenvalue weighted by atomic mass is 16.5. The van der Waals surface area contributed by atoms with Gasteiger partial charge in [-0.3, -0.25) is 9.59 Å². The number of unbranched alkanes of at least 4 members (excludes halogenated alkanes) is 22. The van der Waals surface area contributed by atoms with Crippen molar-refractivity contribution < 1.29 is 14.3 Å². The largest absolute Gasteiger partial charge is 0.455 e. The van der Waals surface area contributed by atoms with Gasteiger partial charge < -0.3 is 4.74 Å². The van der Waals surface area contributed by atoms with E-state index in [0.717, 1.165) is 32.0 Å². The molecular weight excluding hydrogens is 420 g/mol. The second-order valence-corrected chi connectivity index (χ2v) is 10.5. The Hall–Kier alpha value is -0.860. The SMILES string of the molecule is CCCCCCCCCCCCCCC(=O)OC(C=O)CCCCCCCCCCCCCC. The third-order valence-electron chi connectivity index (χ3n) is 7.01. The lowest BCUT2D eigenvalue weighted by atomic mass is 10.0. The summed E-state index contributed by atoms with van der Waals surface area (Å²) < 4.78 is 5.39. The summed E-state index contributed by atoms with van der Waals surface area (Å²) in [6, 6.07) is 0. The monoisotopic (exact) mass is 480 g/mol. The number of aldehydes is 1. The quantitative estimate of drug-likeness (QED) is 0.0635. The Morgan fingerprint density at radius 1 is 0.529 bits per heavy atom. The van der Waals surface area contributed by atoms with Crippen molar-refractivity contribution in [2.24, 2.45) is 0 Å². The number of carbonyl (C=O) groups excluding carboxylic acids is 2. The highest BCUT2D eigenvalue weighted by molar-refractivity contribution is 5.72. The van der Waals surface area contributed by atoms with E-state index >= 15 is 0 Å². The number of rotatable bonds is 28. The first-order valence-electron chi connectivity index (χ1n) is 15.4. The fourth-order valence-electron chi connectivity index (χ4n) is 4.68. The van der Waals surface area contributed by atoms with Crippen LogP contribution >= 0.6 is 0 Å². The molecule has 0 heterocycles. The molecule has 0 bridgehead atoms. The van der Waals surface area contributed by atoms with Crippen LogP contribution in [0.2, 0.25) is 0 Å². The number of hydrogen-bond donors (Lipinski definition) is 0. The van der Waals surface area contributed by atoms with Crippen molar-refractivity contribution >= 4 is 12.3 Å². The fourth-order valence-corrected chi connectivity index (χ4v) is 4.68. The van der Waals surface area contributed by atoms with Gasteiger partial charge in [0.25, 0.3) is 0 Å². The summed E-state index contributed by atoms with van der Waals surface area (Å²) in [4.78, 5) is 23.3. The van der Waals surface area contributed by atoms with Gasteiger partial charge in [-0.05, 0) is 19.3 Å². The molecule has 1 unspecified atom stereocenters. The molecule has 0 rings (SSSR count). The van der Waals surface area contributed by atoms with Crippen LogP contribution in [0.25, 0.3) is 0 Å². The molecule has 0 aliphatic rings. The van der Waals surface area contributed by atoms with Crippen LogP contribution < -0.4 is 0 Å². The van der Waals surface area contributed by atoms with Crippen molar-refractivity contribution in [1.82, 2.24) is 0 Å². The first kappa shape index (κ1) is 33.1. The Balaban J connectivity index is 3.43. The minimum Gasteiger partial charge on any atom is -0.455 e. The van der Waals surface area contributed by atoms with E-state index in [-0.39, 0.29) is 5.97 Å². The van der Waals surface area contributed by atoms with Crippen LogP contribution in [-0.2, 0) is 14.3 Å². The van der Waals surface area contributed by atoms with Crippen molar-refractivity contribution in [3.05, 3.63) is 0 Å². The molecule has 0 aromatic rings. The van der Waals surface area contributed by atoms with E-state index in [2.05, 4.69) is 13.8 Å². The summed E-state index contributed by atoms with van der Waals surface area (Å²) in [5, 5.41) is 0. The standard InChI is InChI=1S/C31H60O3/c1-3-5-7-9-11-13-15-17-19-21-23-25-27-30(29-32)34-31(33)28-26-24-22-20-18-16-14-12-10-8-6-4-2/h29-30H,3-28H2,1-2H3. The van der Waals surface area contributed by atoms with Crippen LogP contribution in [0.1, 0.15) is 181 Å². The summed E-state index contributed by atoms with van der Waals surface area (Å²) in [5.41, 5.74) is 0. The molecule has 0 saturated heterocycles.